The Morgan fingerprint density at radius 1 is 1.12 bits per heavy atom. The Balaban J connectivity index is 1.43. The normalized spacial score (nSPS) is 16.1. The van der Waals surface area contributed by atoms with E-state index in [4.69, 9.17) is 11.6 Å². The summed E-state index contributed by atoms with van der Waals surface area (Å²) in [7, 11) is 0. The minimum absolute atomic E-state index is 0.231. The number of benzene rings is 2. The standard InChI is InChI=1S/C23H17ClN8OS/c1-15-19(22(31-14-25-13-27-31)32(30-15)18-5-3-2-4-6-18)12-26-29-23-28-21(33)20(34-23)11-16-7-9-17(24)10-8-16/h2-14H,1H3,(H,28,29,33). The molecule has 2 aromatic heterocycles. The molecule has 5 rings (SSSR count). The van der Waals surface area contributed by atoms with Crippen molar-refractivity contribution >= 4 is 46.7 Å². The third-order valence-corrected chi connectivity index (χ3v) is 6.02. The van der Waals surface area contributed by atoms with Gasteiger partial charge in [0.2, 0.25) is 0 Å². The number of amides is 1. The smallest absolute Gasteiger partial charge is 0.264 e. The summed E-state index contributed by atoms with van der Waals surface area (Å²) in [6, 6.07) is 16.9. The van der Waals surface area contributed by atoms with Gasteiger partial charge in [0, 0.05) is 5.02 Å². The summed E-state index contributed by atoms with van der Waals surface area (Å²) in [6.45, 7) is 1.88. The van der Waals surface area contributed by atoms with E-state index in [1.54, 1.807) is 40.1 Å². The number of rotatable bonds is 5. The van der Waals surface area contributed by atoms with Crippen molar-refractivity contribution in [3.63, 3.8) is 0 Å². The molecule has 0 bridgehead atoms. The molecule has 34 heavy (non-hydrogen) atoms. The molecule has 1 aliphatic rings. The maximum Gasteiger partial charge on any atom is 0.264 e. The topological polar surface area (TPSA) is 102 Å². The van der Waals surface area contributed by atoms with Crippen LogP contribution in [0.25, 0.3) is 17.6 Å². The Morgan fingerprint density at radius 3 is 2.65 bits per heavy atom. The summed E-state index contributed by atoms with van der Waals surface area (Å²) in [4.78, 5) is 16.9. The summed E-state index contributed by atoms with van der Waals surface area (Å²) in [5, 5.41) is 21.1. The molecule has 1 amide bonds. The Labute approximate surface area is 203 Å². The number of amidine groups is 1. The third-order valence-electron chi connectivity index (χ3n) is 4.87. The average molecular weight is 489 g/mol. The second kappa shape index (κ2) is 9.46. The molecule has 11 heteroatoms. The monoisotopic (exact) mass is 488 g/mol. The lowest BCUT2D eigenvalue weighted by molar-refractivity contribution is -0.115. The molecule has 4 aromatic rings. The molecule has 0 saturated carbocycles. The first kappa shape index (κ1) is 21.8. The first-order chi connectivity index (χ1) is 16.6. The number of aromatic nitrogens is 5. The number of carbonyl (C=O) groups is 1. The Hall–Kier alpha value is -4.02. The van der Waals surface area contributed by atoms with Crippen molar-refractivity contribution in [2.24, 2.45) is 10.2 Å². The van der Waals surface area contributed by atoms with Gasteiger partial charge in [0.25, 0.3) is 5.91 Å². The highest BCUT2D eigenvalue weighted by Crippen LogP contribution is 2.26. The molecule has 1 N–H and O–H groups in total. The molecule has 0 spiro atoms. The molecule has 0 radical (unpaired) electrons. The maximum atomic E-state index is 12.3. The molecule has 9 nitrogen and oxygen atoms in total. The number of halogens is 1. The summed E-state index contributed by atoms with van der Waals surface area (Å²) >= 11 is 7.14. The fraction of sp³-hybridized carbons (Fsp3) is 0.0435. The molecule has 1 saturated heterocycles. The van der Waals surface area contributed by atoms with Crippen LogP contribution < -0.4 is 5.32 Å². The highest BCUT2D eigenvalue weighted by molar-refractivity contribution is 8.18. The zero-order chi connectivity index (χ0) is 23.5. The number of nitrogens with zero attached hydrogens (tertiary/aromatic N) is 7. The van der Waals surface area contributed by atoms with Crippen LogP contribution in [0.2, 0.25) is 5.02 Å². The lowest BCUT2D eigenvalue weighted by Crippen LogP contribution is -2.19. The van der Waals surface area contributed by atoms with Gasteiger partial charge in [-0.15, -0.1) is 5.10 Å². The van der Waals surface area contributed by atoms with Crippen LogP contribution in [0.1, 0.15) is 16.8 Å². The third kappa shape index (κ3) is 4.54. The number of thioether (sulfide) groups is 1. The Kier molecular flexibility index (Phi) is 6.07. The Bertz CT molecular complexity index is 1420. The van der Waals surface area contributed by atoms with E-state index in [0.717, 1.165) is 22.5 Å². The first-order valence-electron chi connectivity index (χ1n) is 10.2. The van der Waals surface area contributed by atoms with Crippen molar-refractivity contribution in [2.75, 3.05) is 0 Å². The Morgan fingerprint density at radius 2 is 1.91 bits per heavy atom. The summed E-state index contributed by atoms with van der Waals surface area (Å²) in [5.74, 6) is 0.446. The summed E-state index contributed by atoms with van der Waals surface area (Å²) in [6.07, 6.45) is 6.43. The van der Waals surface area contributed by atoms with Crippen LogP contribution in [0, 0.1) is 6.92 Å². The molecule has 0 aliphatic carbocycles. The number of nitrogens with one attached hydrogen (secondary N) is 1. The van der Waals surface area contributed by atoms with Gasteiger partial charge in [0.15, 0.2) is 11.0 Å². The molecule has 0 atom stereocenters. The zero-order valence-electron chi connectivity index (χ0n) is 17.8. The number of aryl methyl sites for hydroxylation is 1. The van der Waals surface area contributed by atoms with Crippen molar-refractivity contribution in [2.45, 2.75) is 6.92 Å². The van der Waals surface area contributed by atoms with Crippen LogP contribution in [0.4, 0.5) is 0 Å². The lowest BCUT2D eigenvalue weighted by Gasteiger charge is -2.07. The molecule has 0 unspecified atom stereocenters. The van der Waals surface area contributed by atoms with E-state index in [-0.39, 0.29) is 5.91 Å². The molecular weight excluding hydrogens is 472 g/mol. The number of para-hydroxylation sites is 1. The second-order valence-corrected chi connectivity index (χ2v) is 8.64. The van der Waals surface area contributed by atoms with Crippen LogP contribution in [0.3, 0.4) is 0 Å². The lowest BCUT2D eigenvalue weighted by atomic mass is 10.2. The predicted octanol–water partition coefficient (Wildman–Crippen LogP) is 4.01. The fourth-order valence-corrected chi connectivity index (χ4v) is 4.19. The minimum atomic E-state index is -0.231. The van der Waals surface area contributed by atoms with E-state index >= 15 is 0 Å². The second-order valence-electron chi connectivity index (χ2n) is 7.18. The van der Waals surface area contributed by atoms with Crippen LogP contribution in [0.15, 0.2) is 82.4 Å². The van der Waals surface area contributed by atoms with Crippen LogP contribution in [0.5, 0.6) is 0 Å². The van der Waals surface area contributed by atoms with Crippen molar-refractivity contribution in [3.8, 4) is 11.5 Å². The average Bonchev–Trinajstić information content (AvgIpc) is 3.56. The van der Waals surface area contributed by atoms with Crippen molar-refractivity contribution in [1.29, 1.82) is 0 Å². The van der Waals surface area contributed by atoms with Crippen molar-refractivity contribution in [1.82, 2.24) is 29.9 Å². The quantitative estimate of drug-likeness (QED) is 0.260. The van der Waals surface area contributed by atoms with Crippen LogP contribution in [-0.2, 0) is 4.79 Å². The van der Waals surface area contributed by atoms with Gasteiger partial charge in [-0.2, -0.15) is 15.3 Å². The summed E-state index contributed by atoms with van der Waals surface area (Å²) in [5.41, 5.74) is 3.21. The van der Waals surface area contributed by atoms with Gasteiger partial charge >= 0.3 is 0 Å². The van der Waals surface area contributed by atoms with Gasteiger partial charge in [-0.05, 0) is 54.6 Å². The minimum Gasteiger partial charge on any atom is -0.299 e. The maximum absolute atomic E-state index is 12.3. The molecule has 1 fully saturated rings. The number of hydrogen-bond acceptors (Lipinski definition) is 7. The van der Waals surface area contributed by atoms with E-state index in [9.17, 15) is 4.79 Å². The summed E-state index contributed by atoms with van der Waals surface area (Å²) < 4.78 is 3.40. The molecule has 3 heterocycles. The van der Waals surface area contributed by atoms with Gasteiger partial charge in [0.05, 0.1) is 28.1 Å². The fourth-order valence-electron chi connectivity index (χ4n) is 3.29. The highest BCUT2D eigenvalue weighted by atomic mass is 35.5. The van der Waals surface area contributed by atoms with Gasteiger partial charge in [-0.3, -0.25) is 10.1 Å². The first-order valence-corrected chi connectivity index (χ1v) is 11.4. The van der Waals surface area contributed by atoms with E-state index < -0.39 is 0 Å². The molecule has 2 aromatic carbocycles. The van der Waals surface area contributed by atoms with Gasteiger partial charge < -0.3 is 0 Å². The van der Waals surface area contributed by atoms with Gasteiger partial charge in [-0.25, -0.2) is 14.3 Å². The molecular formula is C23H17ClN8OS. The van der Waals surface area contributed by atoms with Gasteiger partial charge in [-0.1, -0.05) is 41.9 Å². The SMILES string of the molecule is Cc1nn(-c2ccccc2)c(-n2cncn2)c1C=N/N=C1/NC(=O)C(=Cc2ccc(Cl)cc2)S1. The van der Waals surface area contributed by atoms with Crippen molar-refractivity contribution in [3.05, 3.63) is 94.0 Å². The van der Waals surface area contributed by atoms with E-state index in [0.29, 0.717) is 20.9 Å². The van der Waals surface area contributed by atoms with Gasteiger partial charge in [0.1, 0.15) is 12.7 Å². The largest absolute Gasteiger partial charge is 0.299 e. The molecule has 168 valence electrons. The van der Waals surface area contributed by atoms with Crippen molar-refractivity contribution < 1.29 is 4.79 Å². The molecule has 1 aliphatic heterocycles. The van der Waals surface area contributed by atoms with E-state index in [1.165, 1.54) is 18.1 Å². The van der Waals surface area contributed by atoms with E-state index in [1.807, 2.05) is 49.4 Å². The van der Waals surface area contributed by atoms with Crippen LogP contribution >= 0.6 is 23.4 Å². The number of hydrogen-bond donors (Lipinski definition) is 1. The predicted molar refractivity (Wildman–Crippen MR) is 133 cm³/mol. The van der Waals surface area contributed by atoms with Crippen LogP contribution in [-0.4, -0.2) is 41.8 Å². The number of carbonyl (C=O) groups excluding carboxylic acids is 1. The zero-order valence-corrected chi connectivity index (χ0v) is 19.4. The highest BCUT2D eigenvalue weighted by Gasteiger charge is 2.24. The van der Waals surface area contributed by atoms with E-state index in [2.05, 4.69) is 30.7 Å².